The third-order valence-corrected chi connectivity index (χ3v) is 13.9. The van der Waals surface area contributed by atoms with E-state index in [1.54, 1.807) is 16.9 Å². The second-order valence-electron chi connectivity index (χ2n) is 18.0. The molecule has 6 aromatic rings. The number of piperazine rings is 1. The number of anilines is 3. The van der Waals surface area contributed by atoms with Crippen molar-refractivity contribution in [2.75, 3.05) is 68.0 Å². The molecule has 338 valence electrons. The van der Waals surface area contributed by atoms with Crippen LogP contribution in [0.25, 0.3) is 27.4 Å². The number of nitrogens with one attached hydrogen (secondary N) is 3. The van der Waals surface area contributed by atoms with Crippen LogP contribution in [0.15, 0.2) is 59.5 Å². The van der Waals surface area contributed by atoms with Crippen LogP contribution in [0.5, 0.6) is 0 Å². The van der Waals surface area contributed by atoms with Gasteiger partial charge in [0.15, 0.2) is 16.9 Å². The minimum absolute atomic E-state index is 0.0172. The van der Waals surface area contributed by atoms with Crippen molar-refractivity contribution in [1.29, 1.82) is 0 Å². The SMILES string of the molecule is O=C1CCC(c2noc3ccc4cc(NC(=O)CN5CCN(CC6CCC(n7cc(NC(=O)c8cnn9ccc(N%10C[C@H]%11C[C@@H]%10CO%11)nc89)c(C(F)F)n7)CC6)CC5)ccc4c23)C(=O)N1. The zero-order valence-electron chi connectivity index (χ0n) is 35.5. The normalized spacial score (nSPS) is 24.2. The summed E-state index contributed by atoms with van der Waals surface area (Å²) in [5.41, 5.74) is 1.77. The summed E-state index contributed by atoms with van der Waals surface area (Å²) in [6.07, 6.45) is 6.94. The zero-order chi connectivity index (χ0) is 44.3. The lowest BCUT2D eigenvalue weighted by Gasteiger charge is -2.38. The molecule has 4 aliphatic heterocycles. The molecule has 11 rings (SSSR count). The number of hydrogen-bond acceptors (Lipinski definition) is 13. The molecule has 1 unspecified atom stereocenters. The molecule has 18 nitrogen and oxygen atoms in total. The number of nitrogens with zero attached hydrogens (tertiary/aromatic N) is 9. The molecule has 0 radical (unpaired) electrons. The summed E-state index contributed by atoms with van der Waals surface area (Å²) in [5.74, 6) is -0.759. The summed E-state index contributed by atoms with van der Waals surface area (Å²) >= 11 is 0. The molecule has 4 amide bonds. The Labute approximate surface area is 370 Å². The van der Waals surface area contributed by atoms with E-state index in [1.807, 2.05) is 30.3 Å². The van der Waals surface area contributed by atoms with Gasteiger partial charge in [-0.15, -0.1) is 0 Å². The Morgan fingerprint density at radius 3 is 2.55 bits per heavy atom. The topological polar surface area (TPSA) is 197 Å². The maximum absolute atomic E-state index is 14.3. The van der Waals surface area contributed by atoms with Crippen LogP contribution in [-0.2, 0) is 19.1 Å². The first-order chi connectivity index (χ1) is 31.6. The van der Waals surface area contributed by atoms with Gasteiger partial charge in [-0.1, -0.05) is 17.3 Å². The Morgan fingerprint density at radius 2 is 1.78 bits per heavy atom. The first kappa shape index (κ1) is 41.3. The lowest BCUT2D eigenvalue weighted by Crippen LogP contribution is -2.49. The van der Waals surface area contributed by atoms with Crippen molar-refractivity contribution in [3.8, 4) is 0 Å². The number of fused-ring (bicyclic) bond motifs is 6. The maximum atomic E-state index is 14.3. The zero-order valence-corrected chi connectivity index (χ0v) is 35.5. The van der Waals surface area contributed by atoms with Gasteiger partial charge in [-0.2, -0.15) is 10.2 Å². The average Bonchev–Trinajstić information content (AvgIpc) is 4.16. The number of benzene rings is 2. The lowest BCUT2D eigenvalue weighted by atomic mass is 9.85. The molecule has 5 fully saturated rings. The molecule has 5 aliphatic rings. The van der Waals surface area contributed by atoms with E-state index in [0.29, 0.717) is 41.6 Å². The largest absolute Gasteiger partial charge is 0.374 e. The third kappa shape index (κ3) is 8.07. The van der Waals surface area contributed by atoms with Gasteiger partial charge in [0.05, 0.1) is 54.5 Å². The Hall–Kier alpha value is -6.38. The van der Waals surface area contributed by atoms with Gasteiger partial charge in [0.1, 0.15) is 17.1 Å². The quantitative estimate of drug-likeness (QED) is 0.149. The number of piperidine rings is 1. The van der Waals surface area contributed by atoms with E-state index in [2.05, 4.69) is 46.0 Å². The second-order valence-corrected chi connectivity index (χ2v) is 18.0. The average molecular weight is 891 g/mol. The number of hydrogen-bond donors (Lipinski definition) is 3. The number of alkyl halides is 2. The first-order valence-electron chi connectivity index (χ1n) is 22.4. The fourth-order valence-corrected chi connectivity index (χ4v) is 10.5. The number of imide groups is 1. The third-order valence-electron chi connectivity index (χ3n) is 13.9. The number of morpholine rings is 1. The van der Waals surface area contributed by atoms with Crippen LogP contribution in [0.3, 0.4) is 0 Å². The van der Waals surface area contributed by atoms with Gasteiger partial charge in [0.25, 0.3) is 12.3 Å². The van der Waals surface area contributed by atoms with Gasteiger partial charge in [-0.25, -0.2) is 18.3 Å². The number of amides is 4. The Morgan fingerprint density at radius 1 is 0.954 bits per heavy atom. The first-order valence-corrected chi connectivity index (χ1v) is 22.4. The van der Waals surface area contributed by atoms with Crippen LogP contribution in [0, 0.1) is 5.92 Å². The lowest BCUT2D eigenvalue weighted by molar-refractivity contribution is -0.134. The summed E-state index contributed by atoms with van der Waals surface area (Å²) in [4.78, 5) is 62.6. The van der Waals surface area contributed by atoms with E-state index in [0.717, 1.165) is 93.3 Å². The van der Waals surface area contributed by atoms with Crippen molar-refractivity contribution in [3.63, 3.8) is 0 Å². The fourth-order valence-electron chi connectivity index (χ4n) is 10.5. The molecule has 4 saturated heterocycles. The number of halogens is 2. The molecule has 3 atom stereocenters. The predicted molar refractivity (Wildman–Crippen MR) is 233 cm³/mol. The van der Waals surface area contributed by atoms with Crippen LogP contribution >= 0.6 is 0 Å². The van der Waals surface area contributed by atoms with Crippen LogP contribution in [-0.4, -0.2) is 128 Å². The highest BCUT2D eigenvalue weighted by Crippen LogP contribution is 2.38. The number of ether oxygens (including phenoxy) is 1. The second kappa shape index (κ2) is 16.9. The van der Waals surface area contributed by atoms with E-state index in [1.165, 1.54) is 16.9 Å². The van der Waals surface area contributed by atoms with Crippen LogP contribution in [0.2, 0.25) is 0 Å². The fraction of sp³-hybridized carbons (Fsp3) is 0.467. The van der Waals surface area contributed by atoms with Crippen molar-refractivity contribution < 1.29 is 37.2 Å². The van der Waals surface area contributed by atoms with Crippen LogP contribution in [0.1, 0.15) is 85.1 Å². The van der Waals surface area contributed by atoms with Crippen LogP contribution in [0.4, 0.5) is 26.0 Å². The van der Waals surface area contributed by atoms with E-state index in [9.17, 15) is 28.0 Å². The van der Waals surface area contributed by atoms with Gasteiger partial charge < -0.3 is 29.7 Å². The van der Waals surface area contributed by atoms with E-state index in [-0.39, 0.29) is 60.1 Å². The molecule has 8 heterocycles. The molecule has 65 heavy (non-hydrogen) atoms. The molecule has 20 heteroatoms. The van der Waals surface area contributed by atoms with Crippen molar-refractivity contribution in [2.45, 2.75) is 75.5 Å². The van der Waals surface area contributed by atoms with Crippen LogP contribution < -0.4 is 20.9 Å². The Balaban J connectivity index is 0.655. The van der Waals surface area contributed by atoms with E-state index in [4.69, 9.17) is 14.2 Å². The molecule has 1 saturated carbocycles. The Kier molecular flexibility index (Phi) is 10.7. The van der Waals surface area contributed by atoms with Crippen molar-refractivity contribution in [3.05, 3.63) is 71.9 Å². The number of carbonyl (C=O) groups is 4. The number of carbonyl (C=O) groups excluding carboxylic acids is 4. The maximum Gasteiger partial charge on any atom is 0.284 e. The summed E-state index contributed by atoms with van der Waals surface area (Å²) < 4.78 is 43.0. The minimum atomic E-state index is -2.87. The summed E-state index contributed by atoms with van der Waals surface area (Å²) in [6.45, 7) is 5.76. The van der Waals surface area contributed by atoms with Gasteiger partial charge >= 0.3 is 0 Å². The highest BCUT2D eigenvalue weighted by Gasteiger charge is 2.40. The molecule has 2 bridgehead atoms. The van der Waals surface area contributed by atoms with Gasteiger partial charge in [0.2, 0.25) is 17.7 Å². The number of rotatable bonds is 11. The van der Waals surface area contributed by atoms with E-state index >= 15 is 0 Å². The molecular formula is C45H48F2N12O6. The standard InChI is InChI=1S/C45H48F2N12O6/c46-42(47)41-34(50-45(63)33-19-48-58-12-11-36(51-43(33)58)57-21-30-18-29(57)24-64-30)22-59(53-41)28-5-1-25(2-6-28)20-55-13-15-56(16-14-55)23-38(61)49-27-4-7-31-26(17-27)3-9-35-39(31)40(54-65-35)32-8-10-37(60)52-44(32)62/h3-4,7,9,11-12,17,19,22,25,28-30,32,42H,1-2,5-6,8,10,13-16,18,20-21,23-24H2,(H,49,61)(H,50,63)(H,52,60,62)/t25?,28?,29-,30-,32?/m1/s1. The summed E-state index contributed by atoms with van der Waals surface area (Å²) in [7, 11) is 0. The minimum Gasteiger partial charge on any atom is -0.374 e. The summed E-state index contributed by atoms with van der Waals surface area (Å²) in [6, 6.07) is 11.3. The van der Waals surface area contributed by atoms with Crippen molar-refractivity contribution in [1.82, 2.24) is 44.7 Å². The molecule has 1 aliphatic carbocycles. The van der Waals surface area contributed by atoms with Gasteiger partial charge in [-0.05, 0) is 79.5 Å². The van der Waals surface area contributed by atoms with Gasteiger partial charge in [0, 0.05) is 63.8 Å². The molecule has 0 spiro atoms. The smallest absolute Gasteiger partial charge is 0.284 e. The highest BCUT2D eigenvalue weighted by atomic mass is 19.3. The van der Waals surface area contributed by atoms with Gasteiger partial charge in [-0.3, -0.25) is 34.1 Å². The number of aromatic nitrogens is 6. The summed E-state index contributed by atoms with van der Waals surface area (Å²) in [5, 5.41) is 23.3. The monoisotopic (exact) mass is 890 g/mol. The Bertz CT molecular complexity index is 2830. The van der Waals surface area contributed by atoms with Crippen molar-refractivity contribution in [2.24, 2.45) is 5.92 Å². The highest BCUT2D eigenvalue weighted by molar-refractivity contribution is 6.11. The van der Waals surface area contributed by atoms with Crippen molar-refractivity contribution >= 4 is 68.2 Å². The molecule has 4 aromatic heterocycles. The molecule has 3 N–H and O–H groups in total. The van der Waals surface area contributed by atoms with E-state index < -0.39 is 23.9 Å². The molecule has 2 aromatic carbocycles. The predicted octanol–water partition coefficient (Wildman–Crippen LogP) is 4.90. The molecular weight excluding hydrogens is 843 g/mol.